The molecule has 2 rings (SSSR count). The Labute approximate surface area is 136 Å². The molecule has 0 aliphatic heterocycles. The zero-order valence-electron chi connectivity index (χ0n) is 13.8. The van der Waals surface area contributed by atoms with Crippen LogP contribution < -0.4 is 5.32 Å². The predicted molar refractivity (Wildman–Crippen MR) is 91.0 cm³/mol. The molecule has 4 heteroatoms. The summed E-state index contributed by atoms with van der Waals surface area (Å²) in [5.74, 6) is -0.649. The normalized spacial score (nSPS) is 11.3. The molecule has 0 saturated heterocycles. The first-order chi connectivity index (χ1) is 10.8. The summed E-state index contributed by atoms with van der Waals surface area (Å²) in [4.78, 5) is 12.0. The number of amides is 1. The van der Waals surface area contributed by atoms with Crippen LogP contribution in [0.1, 0.15) is 42.3 Å². The summed E-state index contributed by atoms with van der Waals surface area (Å²) in [6, 6.07) is 12.3. The van der Waals surface area contributed by atoms with Crippen LogP contribution in [0.15, 0.2) is 42.5 Å². The van der Waals surface area contributed by atoms with Gasteiger partial charge in [-0.25, -0.2) is 0 Å². The topological polar surface area (TPSA) is 69.6 Å². The number of hydrogen-bond donors (Lipinski definition) is 3. The number of phenols is 2. The summed E-state index contributed by atoms with van der Waals surface area (Å²) in [5, 5.41) is 21.7. The fraction of sp³-hybridized carbons (Fsp3) is 0.316. The molecule has 0 aliphatic rings. The van der Waals surface area contributed by atoms with Crippen LogP contribution in [0, 0.1) is 0 Å². The van der Waals surface area contributed by atoms with Crippen molar-refractivity contribution in [3.8, 4) is 11.5 Å². The highest BCUT2D eigenvalue weighted by Gasteiger charge is 2.13. The van der Waals surface area contributed by atoms with Crippen LogP contribution in [-0.2, 0) is 11.8 Å². The van der Waals surface area contributed by atoms with E-state index in [1.165, 1.54) is 17.7 Å². The molecule has 0 aliphatic carbocycles. The zero-order valence-corrected chi connectivity index (χ0v) is 13.8. The Morgan fingerprint density at radius 1 is 1.04 bits per heavy atom. The van der Waals surface area contributed by atoms with Gasteiger partial charge in [-0.05, 0) is 35.1 Å². The number of aromatic hydroxyl groups is 2. The molecule has 0 fully saturated rings. The number of hydrogen-bond acceptors (Lipinski definition) is 3. The van der Waals surface area contributed by atoms with Crippen molar-refractivity contribution in [3.05, 3.63) is 59.2 Å². The maximum absolute atomic E-state index is 12.0. The first-order valence-electron chi connectivity index (χ1n) is 7.67. The average Bonchev–Trinajstić information content (AvgIpc) is 2.46. The van der Waals surface area contributed by atoms with Crippen LogP contribution in [0.25, 0.3) is 0 Å². The summed E-state index contributed by atoms with van der Waals surface area (Å²) in [7, 11) is 0. The zero-order chi connectivity index (χ0) is 17.0. The second-order valence-electron chi connectivity index (χ2n) is 6.65. The highest BCUT2D eigenvalue weighted by molar-refractivity contribution is 5.96. The van der Waals surface area contributed by atoms with Crippen molar-refractivity contribution in [2.75, 3.05) is 6.54 Å². The molecule has 0 unspecified atom stereocenters. The summed E-state index contributed by atoms with van der Waals surface area (Å²) >= 11 is 0. The van der Waals surface area contributed by atoms with Gasteiger partial charge < -0.3 is 15.5 Å². The highest BCUT2D eigenvalue weighted by Crippen LogP contribution is 2.23. The second-order valence-corrected chi connectivity index (χ2v) is 6.65. The van der Waals surface area contributed by atoms with Gasteiger partial charge in [-0.15, -0.1) is 0 Å². The van der Waals surface area contributed by atoms with E-state index in [1.807, 2.05) is 0 Å². The lowest BCUT2D eigenvalue weighted by Crippen LogP contribution is -2.25. The monoisotopic (exact) mass is 313 g/mol. The summed E-state index contributed by atoms with van der Waals surface area (Å²) in [5.41, 5.74) is 2.71. The van der Waals surface area contributed by atoms with E-state index in [0.717, 1.165) is 18.1 Å². The third kappa shape index (κ3) is 4.49. The minimum atomic E-state index is -0.353. The molecular formula is C19H23NO3. The molecular weight excluding hydrogens is 290 g/mol. The van der Waals surface area contributed by atoms with E-state index < -0.39 is 0 Å². The van der Waals surface area contributed by atoms with Crippen molar-refractivity contribution >= 4 is 5.91 Å². The Balaban J connectivity index is 1.90. The molecule has 0 spiro atoms. The standard InChI is InChI=1S/C19H23NO3/c1-19(2,3)14-6-4-13(5-7-14)10-11-20-18(23)16-9-8-15(21)12-17(16)22/h4-9,12,21-22H,10-11H2,1-3H3,(H,20,23). The smallest absolute Gasteiger partial charge is 0.255 e. The number of carbonyl (C=O) groups is 1. The van der Waals surface area contributed by atoms with E-state index in [2.05, 4.69) is 50.4 Å². The van der Waals surface area contributed by atoms with Gasteiger partial charge in [-0.3, -0.25) is 4.79 Å². The summed E-state index contributed by atoms with van der Waals surface area (Å²) in [6.07, 6.45) is 0.717. The Hall–Kier alpha value is -2.49. The SMILES string of the molecule is CC(C)(C)c1ccc(CCNC(=O)c2ccc(O)cc2O)cc1. The number of carbonyl (C=O) groups excluding carboxylic acids is 1. The number of rotatable bonds is 4. The summed E-state index contributed by atoms with van der Waals surface area (Å²) < 4.78 is 0. The van der Waals surface area contributed by atoms with Crippen molar-refractivity contribution in [2.24, 2.45) is 0 Å². The molecule has 0 radical (unpaired) electrons. The Morgan fingerprint density at radius 3 is 2.26 bits per heavy atom. The van der Waals surface area contributed by atoms with E-state index in [0.29, 0.717) is 6.54 Å². The first kappa shape index (κ1) is 16.9. The van der Waals surface area contributed by atoms with Gasteiger partial charge in [0.2, 0.25) is 0 Å². The van der Waals surface area contributed by atoms with Gasteiger partial charge in [0.05, 0.1) is 5.56 Å². The molecule has 0 saturated carbocycles. The molecule has 0 bridgehead atoms. The van der Waals surface area contributed by atoms with Gasteiger partial charge in [0.25, 0.3) is 5.91 Å². The van der Waals surface area contributed by atoms with Crippen molar-refractivity contribution in [3.63, 3.8) is 0 Å². The van der Waals surface area contributed by atoms with Crippen molar-refractivity contribution in [1.82, 2.24) is 5.32 Å². The average molecular weight is 313 g/mol. The van der Waals surface area contributed by atoms with E-state index in [4.69, 9.17) is 0 Å². The fourth-order valence-corrected chi connectivity index (χ4v) is 2.30. The molecule has 23 heavy (non-hydrogen) atoms. The minimum absolute atomic E-state index is 0.0713. The van der Waals surface area contributed by atoms with E-state index in [1.54, 1.807) is 0 Å². The molecule has 3 N–H and O–H groups in total. The van der Waals surface area contributed by atoms with Crippen LogP contribution in [0.2, 0.25) is 0 Å². The summed E-state index contributed by atoms with van der Waals surface area (Å²) in [6.45, 7) is 7.00. The van der Waals surface area contributed by atoms with Gasteiger partial charge >= 0.3 is 0 Å². The molecule has 0 atom stereocenters. The first-order valence-corrected chi connectivity index (χ1v) is 7.67. The predicted octanol–water partition coefficient (Wildman–Crippen LogP) is 3.37. The second kappa shape index (κ2) is 6.73. The molecule has 122 valence electrons. The van der Waals surface area contributed by atoms with Crippen LogP contribution in [0.5, 0.6) is 11.5 Å². The maximum atomic E-state index is 12.0. The number of nitrogens with one attached hydrogen (secondary N) is 1. The fourth-order valence-electron chi connectivity index (χ4n) is 2.30. The number of phenolic OH excluding ortho intramolecular Hbond substituents is 2. The van der Waals surface area contributed by atoms with Crippen molar-refractivity contribution in [2.45, 2.75) is 32.6 Å². The van der Waals surface area contributed by atoms with Crippen molar-refractivity contribution in [1.29, 1.82) is 0 Å². The highest BCUT2D eigenvalue weighted by atomic mass is 16.3. The van der Waals surface area contributed by atoms with Gasteiger partial charge in [-0.1, -0.05) is 45.0 Å². The Bertz CT molecular complexity index is 685. The van der Waals surface area contributed by atoms with Crippen LogP contribution in [0.4, 0.5) is 0 Å². The van der Waals surface area contributed by atoms with Crippen LogP contribution in [-0.4, -0.2) is 22.7 Å². The minimum Gasteiger partial charge on any atom is -0.508 e. The van der Waals surface area contributed by atoms with E-state index >= 15 is 0 Å². The lowest BCUT2D eigenvalue weighted by Gasteiger charge is -2.19. The molecule has 2 aromatic carbocycles. The molecule has 0 aromatic heterocycles. The molecule has 4 nitrogen and oxygen atoms in total. The quantitative estimate of drug-likeness (QED) is 0.810. The lowest BCUT2D eigenvalue weighted by molar-refractivity contribution is 0.0951. The van der Waals surface area contributed by atoms with Crippen molar-refractivity contribution < 1.29 is 15.0 Å². The van der Waals surface area contributed by atoms with Crippen LogP contribution >= 0.6 is 0 Å². The molecule has 1 amide bonds. The van der Waals surface area contributed by atoms with E-state index in [-0.39, 0.29) is 28.4 Å². The van der Waals surface area contributed by atoms with Gasteiger partial charge in [0.15, 0.2) is 0 Å². The molecule has 2 aromatic rings. The third-order valence-electron chi connectivity index (χ3n) is 3.75. The van der Waals surface area contributed by atoms with E-state index in [9.17, 15) is 15.0 Å². The Kier molecular flexibility index (Phi) is 4.94. The molecule has 0 heterocycles. The third-order valence-corrected chi connectivity index (χ3v) is 3.75. The number of benzene rings is 2. The Morgan fingerprint density at radius 2 is 1.70 bits per heavy atom. The van der Waals surface area contributed by atoms with Crippen LogP contribution in [0.3, 0.4) is 0 Å². The van der Waals surface area contributed by atoms with Gasteiger partial charge in [0.1, 0.15) is 11.5 Å². The van der Waals surface area contributed by atoms with Gasteiger partial charge in [0, 0.05) is 12.6 Å². The lowest BCUT2D eigenvalue weighted by atomic mass is 9.86. The largest absolute Gasteiger partial charge is 0.508 e. The maximum Gasteiger partial charge on any atom is 0.255 e. The van der Waals surface area contributed by atoms with Gasteiger partial charge in [-0.2, -0.15) is 0 Å².